The summed E-state index contributed by atoms with van der Waals surface area (Å²) in [4.78, 5) is 0. The van der Waals surface area contributed by atoms with E-state index in [4.69, 9.17) is 11.6 Å². The zero-order valence-electron chi connectivity index (χ0n) is 11.0. The fourth-order valence-electron chi connectivity index (χ4n) is 2.16. The van der Waals surface area contributed by atoms with Crippen LogP contribution in [0.2, 0.25) is 5.02 Å². The molecular weight excluding hydrogens is 234 g/mol. The van der Waals surface area contributed by atoms with Crippen molar-refractivity contribution in [2.75, 3.05) is 6.54 Å². The topological polar surface area (TPSA) is 29.9 Å². The van der Waals surface area contributed by atoms with Crippen LogP contribution in [0.15, 0.2) is 0 Å². The summed E-state index contributed by atoms with van der Waals surface area (Å²) in [5, 5.41) is 8.75. The van der Waals surface area contributed by atoms with Gasteiger partial charge in [0.1, 0.15) is 0 Å². The molecule has 0 bridgehead atoms. The van der Waals surface area contributed by atoms with Crippen molar-refractivity contribution in [2.45, 2.75) is 45.6 Å². The second kappa shape index (κ2) is 5.40. The molecule has 0 aliphatic heterocycles. The summed E-state index contributed by atoms with van der Waals surface area (Å²) in [6.45, 7) is 5.37. The smallest absolute Gasteiger partial charge is 0.0847 e. The van der Waals surface area contributed by atoms with Gasteiger partial charge in [-0.3, -0.25) is 4.68 Å². The lowest BCUT2D eigenvalue weighted by atomic mass is 10.0. The highest BCUT2D eigenvalue weighted by Gasteiger charge is 2.20. The molecule has 1 aromatic heterocycles. The second-order valence-corrected chi connectivity index (χ2v) is 5.67. The van der Waals surface area contributed by atoms with Crippen LogP contribution in [-0.2, 0) is 13.5 Å². The fraction of sp³-hybridized carbons (Fsp3) is 0.769. The third kappa shape index (κ3) is 3.46. The Morgan fingerprint density at radius 3 is 2.76 bits per heavy atom. The van der Waals surface area contributed by atoms with E-state index in [1.807, 2.05) is 18.7 Å². The minimum atomic E-state index is 0.647. The maximum atomic E-state index is 6.25. The summed E-state index contributed by atoms with van der Waals surface area (Å²) in [6, 6.07) is 0.810. The Hall–Kier alpha value is -0.540. The van der Waals surface area contributed by atoms with Gasteiger partial charge in [0.2, 0.25) is 0 Å². The highest BCUT2D eigenvalue weighted by atomic mass is 35.5. The van der Waals surface area contributed by atoms with Crippen LogP contribution in [0.25, 0.3) is 0 Å². The standard InChI is InChI=1S/C13H22ClN3/c1-9(6-7-15-11-4-5-11)8-12-13(14)10(2)16-17(12)3/h9,11,15H,4-8H2,1-3H3. The van der Waals surface area contributed by atoms with Crippen molar-refractivity contribution in [3.05, 3.63) is 16.4 Å². The quantitative estimate of drug-likeness (QED) is 0.847. The first-order valence-corrected chi connectivity index (χ1v) is 6.87. The Kier molecular flexibility index (Phi) is 4.10. The van der Waals surface area contributed by atoms with Gasteiger partial charge < -0.3 is 5.32 Å². The number of aromatic nitrogens is 2. The molecule has 0 radical (unpaired) electrons. The average molecular weight is 256 g/mol. The van der Waals surface area contributed by atoms with E-state index in [0.29, 0.717) is 5.92 Å². The molecule has 1 heterocycles. The van der Waals surface area contributed by atoms with Crippen LogP contribution in [0.1, 0.15) is 37.6 Å². The van der Waals surface area contributed by atoms with Gasteiger partial charge in [-0.25, -0.2) is 0 Å². The van der Waals surface area contributed by atoms with Gasteiger partial charge >= 0.3 is 0 Å². The monoisotopic (exact) mass is 255 g/mol. The molecule has 0 amide bonds. The Balaban J connectivity index is 1.81. The molecule has 1 atom stereocenters. The maximum Gasteiger partial charge on any atom is 0.0847 e. The number of aryl methyl sites for hydroxylation is 2. The Labute approximate surface area is 109 Å². The van der Waals surface area contributed by atoms with Crippen molar-refractivity contribution >= 4 is 11.6 Å². The van der Waals surface area contributed by atoms with Crippen molar-refractivity contribution in [1.82, 2.24) is 15.1 Å². The Morgan fingerprint density at radius 2 is 2.24 bits per heavy atom. The third-order valence-electron chi connectivity index (χ3n) is 3.45. The number of nitrogens with one attached hydrogen (secondary N) is 1. The largest absolute Gasteiger partial charge is 0.314 e. The molecule has 1 N–H and O–H groups in total. The average Bonchev–Trinajstić information content (AvgIpc) is 3.04. The van der Waals surface area contributed by atoms with Gasteiger partial charge in [0.15, 0.2) is 0 Å². The van der Waals surface area contributed by atoms with Gasteiger partial charge in [-0.1, -0.05) is 18.5 Å². The van der Waals surface area contributed by atoms with Gasteiger partial charge in [0, 0.05) is 13.1 Å². The summed E-state index contributed by atoms with van der Waals surface area (Å²) in [5.41, 5.74) is 2.11. The minimum Gasteiger partial charge on any atom is -0.314 e. The van der Waals surface area contributed by atoms with Gasteiger partial charge in [0.25, 0.3) is 0 Å². The molecule has 1 unspecified atom stereocenters. The van der Waals surface area contributed by atoms with E-state index in [1.165, 1.54) is 25.0 Å². The third-order valence-corrected chi connectivity index (χ3v) is 3.94. The molecule has 3 nitrogen and oxygen atoms in total. The summed E-state index contributed by atoms with van der Waals surface area (Å²) in [7, 11) is 1.98. The zero-order valence-corrected chi connectivity index (χ0v) is 11.7. The SMILES string of the molecule is Cc1nn(C)c(CC(C)CCNC2CC2)c1Cl. The molecule has 2 rings (SSSR count). The minimum absolute atomic E-state index is 0.647. The highest BCUT2D eigenvalue weighted by Crippen LogP contribution is 2.23. The van der Waals surface area contributed by atoms with Gasteiger partial charge in [-0.05, 0) is 45.1 Å². The van der Waals surface area contributed by atoms with Crippen LogP contribution in [0.3, 0.4) is 0 Å². The first-order valence-electron chi connectivity index (χ1n) is 6.49. The van der Waals surface area contributed by atoms with Crippen molar-refractivity contribution in [3.63, 3.8) is 0 Å². The van der Waals surface area contributed by atoms with Crippen molar-refractivity contribution < 1.29 is 0 Å². The van der Waals surface area contributed by atoms with E-state index in [0.717, 1.165) is 29.7 Å². The van der Waals surface area contributed by atoms with Gasteiger partial charge in [0.05, 0.1) is 16.4 Å². The molecule has 17 heavy (non-hydrogen) atoms. The molecule has 1 saturated carbocycles. The summed E-state index contributed by atoms with van der Waals surface area (Å²) < 4.78 is 1.92. The van der Waals surface area contributed by atoms with E-state index in [1.54, 1.807) is 0 Å². The molecule has 1 aromatic rings. The highest BCUT2D eigenvalue weighted by molar-refractivity contribution is 6.31. The van der Waals surface area contributed by atoms with Crippen LogP contribution in [0.5, 0.6) is 0 Å². The lowest BCUT2D eigenvalue weighted by Gasteiger charge is -2.12. The number of hydrogen-bond acceptors (Lipinski definition) is 2. The molecule has 1 aliphatic carbocycles. The normalized spacial score (nSPS) is 17.4. The van der Waals surface area contributed by atoms with Crippen molar-refractivity contribution in [1.29, 1.82) is 0 Å². The van der Waals surface area contributed by atoms with E-state index in [9.17, 15) is 0 Å². The molecule has 0 aromatic carbocycles. The molecule has 96 valence electrons. The number of rotatable bonds is 6. The summed E-state index contributed by atoms with van der Waals surface area (Å²) >= 11 is 6.25. The fourth-order valence-corrected chi connectivity index (χ4v) is 2.39. The predicted molar refractivity (Wildman–Crippen MR) is 71.5 cm³/mol. The first kappa shape index (κ1) is 12.9. The Morgan fingerprint density at radius 1 is 1.53 bits per heavy atom. The van der Waals surface area contributed by atoms with Crippen LogP contribution >= 0.6 is 11.6 Å². The number of nitrogens with zero attached hydrogens (tertiary/aromatic N) is 2. The van der Waals surface area contributed by atoms with E-state index in [-0.39, 0.29) is 0 Å². The van der Waals surface area contributed by atoms with Crippen molar-refractivity contribution in [2.24, 2.45) is 13.0 Å². The molecule has 4 heteroatoms. The van der Waals surface area contributed by atoms with Crippen LogP contribution in [0, 0.1) is 12.8 Å². The van der Waals surface area contributed by atoms with Crippen LogP contribution in [-0.4, -0.2) is 22.4 Å². The molecule has 0 spiro atoms. The van der Waals surface area contributed by atoms with E-state index >= 15 is 0 Å². The van der Waals surface area contributed by atoms with Crippen LogP contribution < -0.4 is 5.32 Å². The summed E-state index contributed by atoms with van der Waals surface area (Å²) in [5.74, 6) is 0.647. The van der Waals surface area contributed by atoms with Crippen molar-refractivity contribution in [3.8, 4) is 0 Å². The van der Waals surface area contributed by atoms with Crippen LogP contribution in [0.4, 0.5) is 0 Å². The van der Waals surface area contributed by atoms with Gasteiger partial charge in [-0.15, -0.1) is 0 Å². The van der Waals surface area contributed by atoms with E-state index < -0.39 is 0 Å². The molecule has 1 fully saturated rings. The maximum absolute atomic E-state index is 6.25. The lowest BCUT2D eigenvalue weighted by molar-refractivity contribution is 0.483. The predicted octanol–water partition coefficient (Wildman–Crippen LogP) is 2.70. The Bertz CT molecular complexity index is 382. The molecule has 0 saturated heterocycles. The summed E-state index contributed by atoms with van der Waals surface area (Å²) in [6.07, 6.45) is 4.95. The van der Waals surface area contributed by atoms with E-state index in [2.05, 4.69) is 17.3 Å². The van der Waals surface area contributed by atoms with Gasteiger partial charge in [-0.2, -0.15) is 5.10 Å². The first-order chi connectivity index (χ1) is 8.08. The second-order valence-electron chi connectivity index (χ2n) is 5.30. The number of hydrogen-bond donors (Lipinski definition) is 1. The molecule has 1 aliphatic rings. The molecular formula is C13H22ClN3. The zero-order chi connectivity index (χ0) is 12.4. The lowest BCUT2D eigenvalue weighted by Crippen LogP contribution is -2.20. The number of halogens is 1.